The van der Waals surface area contributed by atoms with Gasteiger partial charge in [0.25, 0.3) is 0 Å². The van der Waals surface area contributed by atoms with Gasteiger partial charge in [0.15, 0.2) is 0 Å². The molecule has 0 amide bonds. The third kappa shape index (κ3) is 3.28. The molecule has 14 heavy (non-hydrogen) atoms. The van der Waals surface area contributed by atoms with Crippen molar-refractivity contribution in [1.29, 1.82) is 5.26 Å². The Morgan fingerprint density at radius 2 is 2.07 bits per heavy atom. The predicted octanol–water partition coefficient (Wildman–Crippen LogP) is 1.49. The minimum atomic E-state index is -0.660. The molecule has 0 aromatic rings. The maximum absolute atomic E-state index is 8.78. The standard InChI is InChI=1S/C11H21N3/c1-11(13,9-12)7-8-14(2)10-5-3-4-6-10/h10H,3-8,13H2,1-2H3. The highest BCUT2D eigenvalue weighted by Crippen LogP contribution is 2.22. The first kappa shape index (κ1) is 11.5. The Labute approximate surface area is 86.9 Å². The maximum Gasteiger partial charge on any atom is 0.102 e. The molecule has 0 radical (unpaired) electrons. The molecule has 1 aliphatic rings. The van der Waals surface area contributed by atoms with Gasteiger partial charge >= 0.3 is 0 Å². The highest BCUT2D eigenvalue weighted by Gasteiger charge is 2.22. The number of hydrogen-bond donors (Lipinski definition) is 1. The van der Waals surface area contributed by atoms with E-state index in [-0.39, 0.29) is 0 Å². The van der Waals surface area contributed by atoms with E-state index >= 15 is 0 Å². The normalized spacial score (nSPS) is 22.2. The molecule has 1 saturated carbocycles. The molecule has 1 aliphatic carbocycles. The van der Waals surface area contributed by atoms with E-state index in [4.69, 9.17) is 11.0 Å². The van der Waals surface area contributed by atoms with Crippen LogP contribution in [-0.4, -0.2) is 30.1 Å². The molecule has 80 valence electrons. The lowest BCUT2D eigenvalue weighted by Crippen LogP contribution is -2.40. The summed E-state index contributed by atoms with van der Waals surface area (Å²) in [5.74, 6) is 0. The van der Waals surface area contributed by atoms with Gasteiger partial charge in [-0.1, -0.05) is 12.8 Å². The van der Waals surface area contributed by atoms with Crippen LogP contribution in [0.3, 0.4) is 0 Å². The van der Waals surface area contributed by atoms with Crippen molar-refractivity contribution in [3.8, 4) is 6.07 Å². The Balaban J connectivity index is 2.27. The lowest BCUT2D eigenvalue weighted by atomic mass is 10.0. The number of hydrogen-bond acceptors (Lipinski definition) is 3. The first-order chi connectivity index (χ1) is 6.55. The second-order valence-corrected chi connectivity index (χ2v) is 4.70. The van der Waals surface area contributed by atoms with E-state index in [1.54, 1.807) is 6.92 Å². The summed E-state index contributed by atoms with van der Waals surface area (Å²) in [7, 11) is 2.14. The Morgan fingerprint density at radius 3 is 2.57 bits per heavy atom. The first-order valence-electron chi connectivity index (χ1n) is 5.45. The van der Waals surface area contributed by atoms with Crippen LogP contribution in [0.25, 0.3) is 0 Å². The summed E-state index contributed by atoms with van der Waals surface area (Å²) >= 11 is 0. The van der Waals surface area contributed by atoms with Crippen molar-refractivity contribution in [1.82, 2.24) is 4.90 Å². The fourth-order valence-electron chi connectivity index (χ4n) is 1.99. The van der Waals surface area contributed by atoms with Crippen molar-refractivity contribution in [3.05, 3.63) is 0 Å². The van der Waals surface area contributed by atoms with Crippen molar-refractivity contribution in [3.63, 3.8) is 0 Å². The Kier molecular flexibility index (Phi) is 3.91. The highest BCUT2D eigenvalue weighted by atomic mass is 15.1. The smallest absolute Gasteiger partial charge is 0.102 e. The predicted molar refractivity (Wildman–Crippen MR) is 57.7 cm³/mol. The SMILES string of the molecule is CN(CCC(C)(N)C#N)C1CCCC1. The molecule has 1 unspecified atom stereocenters. The summed E-state index contributed by atoms with van der Waals surface area (Å²) in [5, 5.41) is 8.78. The van der Waals surface area contributed by atoms with Gasteiger partial charge in [0.05, 0.1) is 6.07 Å². The van der Waals surface area contributed by atoms with Gasteiger partial charge in [0.1, 0.15) is 5.54 Å². The van der Waals surface area contributed by atoms with Gasteiger partial charge in [0.2, 0.25) is 0 Å². The van der Waals surface area contributed by atoms with Crippen LogP contribution in [0.5, 0.6) is 0 Å². The van der Waals surface area contributed by atoms with E-state index in [9.17, 15) is 0 Å². The molecular formula is C11H21N3. The Morgan fingerprint density at radius 1 is 1.50 bits per heavy atom. The van der Waals surface area contributed by atoms with Crippen molar-refractivity contribution < 1.29 is 0 Å². The topological polar surface area (TPSA) is 53.0 Å². The first-order valence-corrected chi connectivity index (χ1v) is 5.45. The summed E-state index contributed by atoms with van der Waals surface area (Å²) < 4.78 is 0. The van der Waals surface area contributed by atoms with E-state index in [0.717, 1.165) is 19.0 Å². The third-order valence-electron chi connectivity index (χ3n) is 3.19. The number of nitrogens with zero attached hydrogens (tertiary/aromatic N) is 2. The van der Waals surface area contributed by atoms with E-state index in [1.807, 2.05) is 0 Å². The van der Waals surface area contributed by atoms with Crippen LogP contribution in [0.1, 0.15) is 39.0 Å². The quantitative estimate of drug-likeness (QED) is 0.739. The van der Waals surface area contributed by atoms with Crippen LogP contribution in [-0.2, 0) is 0 Å². The number of nitriles is 1. The molecule has 0 aromatic carbocycles. The van der Waals surface area contributed by atoms with Crippen LogP contribution < -0.4 is 5.73 Å². The zero-order chi connectivity index (χ0) is 10.6. The minimum Gasteiger partial charge on any atom is -0.314 e. The van der Waals surface area contributed by atoms with Gasteiger partial charge in [-0.05, 0) is 33.2 Å². The van der Waals surface area contributed by atoms with E-state index < -0.39 is 5.54 Å². The minimum absolute atomic E-state index is 0.660. The molecule has 0 bridgehead atoms. The second kappa shape index (κ2) is 4.77. The van der Waals surface area contributed by atoms with Crippen LogP contribution in [0, 0.1) is 11.3 Å². The van der Waals surface area contributed by atoms with Crippen LogP contribution in [0.15, 0.2) is 0 Å². The zero-order valence-electron chi connectivity index (χ0n) is 9.29. The van der Waals surface area contributed by atoms with Crippen LogP contribution in [0.2, 0.25) is 0 Å². The van der Waals surface area contributed by atoms with Crippen molar-refractivity contribution in [2.75, 3.05) is 13.6 Å². The molecule has 0 aliphatic heterocycles. The summed E-state index contributed by atoms with van der Waals surface area (Å²) in [6, 6.07) is 2.86. The molecule has 1 rings (SSSR count). The molecule has 1 atom stereocenters. The number of nitrogens with two attached hydrogens (primary N) is 1. The summed E-state index contributed by atoms with van der Waals surface area (Å²) in [6.07, 6.45) is 6.09. The summed E-state index contributed by atoms with van der Waals surface area (Å²) in [4.78, 5) is 2.36. The molecule has 0 heterocycles. The van der Waals surface area contributed by atoms with Gasteiger partial charge < -0.3 is 10.6 Å². The second-order valence-electron chi connectivity index (χ2n) is 4.70. The molecule has 2 N–H and O–H groups in total. The van der Waals surface area contributed by atoms with Gasteiger partial charge in [0, 0.05) is 12.6 Å². The lowest BCUT2D eigenvalue weighted by molar-refractivity contribution is 0.231. The van der Waals surface area contributed by atoms with Crippen molar-refractivity contribution >= 4 is 0 Å². The van der Waals surface area contributed by atoms with Crippen molar-refractivity contribution in [2.24, 2.45) is 5.73 Å². The lowest BCUT2D eigenvalue weighted by Gasteiger charge is -2.26. The largest absolute Gasteiger partial charge is 0.314 e. The molecule has 3 nitrogen and oxygen atoms in total. The Bertz CT molecular complexity index is 211. The van der Waals surface area contributed by atoms with Gasteiger partial charge in [-0.3, -0.25) is 0 Å². The molecule has 3 heteroatoms. The molecule has 0 spiro atoms. The summed E-state index contributed by atoms with van der Waals surface area (Å²) in [5.41, 5.74) is 5.12. The monoisotopic (exact) mass is 195 g/mol. The maximum atomic E-state index is 8.78. The molecule has 0 aromatic heterocycles. The van der Waals surface area contributed by atoms with Gasteiger partial charge in [-0.15, -0.1) is 0 Å². The van der Waals surface area contributed by atoms with Crippen molar-refractivity contribution in [2.45, 2.75) is 50.6 Å². The highest BCUT2D eigenvalue weighted by molar-refractivity contribution is 5.01. The van der Waals surface area contributed by atoms with E-state index in [1.165, 1.54) is 25.7 Å². The molecule has 0 saturated heterocycles. The zero-order valence-corrected chi connectivity index (χ0v) is 9.29. The molecular weight excluding hydrogens is 174 g/mol. The molecule has 1 fully saturated rings. The van der Waals surface area contributed by atoms with Gasteiger partial charge in [-0.25, -0.2) is 0 Å². The van der Waals surface area contributed by atoms with E-state index in [0.29, 0.717) is 0 Å². The van der Waals surface area contributed by atoms with Crippen LogP contribution >= 0.6 is 0 Å². The summed E-state index contributed by atoms with van der Waals surface area (Å²) in [6.45, 7) is 2.74. The fraction of sp³-hybridized carbons (Fsp3) is 0.909. The average Bonchev–Trinajstić information content (AvgIpc) is 2.67. The average molecular weight is 195 g/mol. The van der Waals surface area contributed by atoms with Crippen LogP contribution in [0.4, 0.5) is 0 Å². The number of rotatable bonds is 4. The fourth-order valence-corrected chi connectivity index (χ4v) is 1.99. The third-order valence-corrected chi connectivity index (χ3v) is 3.19. The van der Waals surface area contributed by atoms with Gasteiger partial charge in [-0.2, -0.15) is 5.26 Å². The Hall–Kier alpha value is -0.590. The van der Waals surface area contributed by atoms with E-state index in [2.05, 4.69) is 18.0 Å².